The van der Waals surface area contributed by atoms with E-state index in [-0.39, 0.29) is 12.2 Å². The zero-order valence-corrected chi connectivity index (χ0v) is 13.6. The maximum atomic E-state index is 9.92. The lowest BCUT2D eigenvalue weighted by molar-refractivity contribution is -0.0990. The fourth-order valence-electron chi connectivity index (χ4n) is 1.94. The normalized spacial score (nSPS) is 22.6. The first kappa shape index (κ1) is 19.8. The number of allylic oxidation sites excluding steroid dienone is 1. The molecule has 0 saturated carbocycles. The predicted octanol–water partition coefficient (Wildman–Crippen LogP) is 3.91. The lowest BCUT2D eigenvalue weighted by atomic mass is 9.93. The Hall–Kier alpha value is -0.540. The molecule has 2 atom stereocenters. The van der Waals surface area contributed by atoms with Crippen LogP contribution in [-0.2, 0) is 9.47 Å². The Labute approximate surface area is 113 Å². The topological polar surface area (TPSA) is 38.7 Å². The van der Waals surface area contributed by atoms with E-state index in [0.717, 1.165) is 17.8 Å². The molecule has 0 amide bonds. The van der Waals surface area contributed by atoms with Crippen molar-refractivity contribution in [1.82, 2.24) is 0 Å². The summed E-state index contributed by atoms with van der Waals surface area (Å²) in [6, 6.07) is 0. The molecule has 1 N–H and O–H groups in total. The number of hydrogen-bond acceptors (Lipinski definition) is 3. The highest BCUT2D eigenvalue weighted by atomic mass is 16.6. The van der Waals surface area contributed by atoms with E-state index in [1.807, 2.05) is 34.6 Å². The third-order valence-corrected chi connectivity index (χ3v) is 2.71. The summed E-state index contributed by atoms with van der Waals surface area (Å²) in [5.41, 5.74) is 0.276. The Morgan fingerprint density at radius 2 is 1.67 bits per heavy atom. The van der Waals surface area contributed by atoms with Gasteiger partial charge >= 0.3 is 0 Å². The van der Waals surface area contributed by atoms with Crippen LogP contribution in [0.5, 0.6) is 0 Å². The monoisotopic (exact) mass is 260 g/mol. The van der Waals surface area contributed by atoms with Crippen molar-refractivity contribution >= 4 is 0 Å². The first-order valence-corrected chi connectivity index (χ1v) is 7.03. The van der Waals surface area contributed by atoms with Crippen molar-refractivity contribution in [2.75, 3.05) is 7.11 Å². The van der Waals surface area contributed by atoms with E-state index in [4.69, 9.17) is 9.47 Å². The second-order valence-electron chi connectivity index (χ2n) is 4.28. The maximum Gasteiger partial charge on any atom is 0.156 e. The molecule has 3 heteroatoms. The summed E-state index contributed by atoms with van der Waals surface area (Å²) >= 11 is 0. The Kier molecular flexibility index (Phi) is 10.3. The number of hydrogen-bond donors (Lipinski definition) is 1. The minimum Gasteiger partial charge on any atom is -0.489 e. The van der Waals surface area contributed by atoms with E-state index in [2.05, 4.69) is 6.92 Å². The van der Waals surface area contributed by atoms with Crippen LogP contribution in [0.1, 0.15) is 61.8 Å². The summed E-state index contributed by atoms with van der Waals surface area (Å²) in [5, 5.41) is 9.92. The van der Waals surface area contributed by atoms with Gasteiger partial charge in [-0.2, -0.15) is 0 Å². The first-order valence-electron chi connectivity index (χ1n) is 7.03. The number of methoxy groups -OCH3 is 1. The molecule has 0 spiro atoms. The van der Waals surface area contributed by atoms with Gasteiger partial charge in [-0.05, 0) is 32.8 Å². The van der Waals surface area contributed by atoms with E-state index in [0.29, 0.717) is 0 Å². The molecule has 2 unspecified atom stereocenters. The van der Waals surface area contributed by atoms with Crippen molar-refractivity contribution in [1.29, 1.82) is 0 Å². The van der Waals surface area contributed by atoms with Crippen LogP contribution in [-0.4, -0.2) is 30.0 Å². The van der Waals surface area contributed by atoms with Crippen molar-refractivity contribution in [2.45, 2.75) is 79.6 Å². The van der Waals surface area contributed by atoms with E-state index in [1.165, 1.54) is 0 Å². The van der Waals surface area contributed by atoms with Crippen molar-refractivity contribution in [3.63, 3.8) is 0 Å². The van der Waals surface area contributed by atoms with Crippen molar-refractivity contribution in [2.24, 2.45) is 0 Å². The summed E-state index contributed by atoms with van der Waals surface area (Å²) in [4.78, 5) is 0. The number of rotatable bonds is 3. The molecule has 1 aliphatic heterocycles. The minimum absolute atomic E-state index is 0.111. The molecule has 1 heterocycles. The maximum absolute atomic E-state index is 9.92. The average Bonchev–Trinajstić information content (AvgIpc) is 2.70. The predicted molar refractivity (Wildman–Crippen MR) is 77.7 cm³/mol. The zero-order chi connectivity index (χ0) is 14.9. The second-order valence-corrected chi connectivity index (χ2v) is 4.28. The molecule has 0 bridgehead atoms. The van der Waals surface area contributed by atoms with Crippen molar-refractivity contribution in [3.05, 3.63) is 11.3 Å². The van der Waals surface area contributed by atoms with E-state index in [1.54, 1.807) is 21.0 Å². The minimum atomic E-state index is -0.876. The van der Waals surface area contributed by atoms with Crippen LogP contribution in [0.4, 0.5) is 0 Å². The molecule has 3 nitrogen and oxygen atoms in total. The highest BCUT2D eigenvalue weighted by Gasteiger charge is 2.43. The first-order chi connectivity index (χ1) is 8.41. The quantitative estimate of drug-likeness (QED) is 0.836. The van der Waals surface area contributed by atoms with Crippen LogP contribution in [0.15, 0.2) is 11.3 Å². The van der Waals surface area contributed by atoms with Crippen molar-refractivity contribution in [3.8, 4) is 0 Å². The van der Waals surface area contributed by atoms with Crippen LogP contribution in [0.3, 0.4) is 0 Å². The molecule has 0 aromatic carbocycles. The Morgan fingerprint density at radius 1 is 1.22 bits per heavy atom. The van der Waals surface area contributed by atoms with Gasteiger partial charge in [0, 0.05) is 7.11 Å². The van der Waals surface area contributed by atoms with Gasteiger partial charge in [-0.1, -0.05) is 34.6 Å². The molecule has 0 aliphatic carbocycles. The molecule has 0 radical (unpaired) electrons. The molecule has 0 fully saturated rings. The van der Waals surface area contributed by atoms with E-state index in [9.17, 15) is 5.11 Å². The van der Waals surface area contributed by atoms with Crippen LogP contribution in [0.25, 0.3) is 0 Å². The summed E-state index contributed by atoms with van der Waals surface area (Å²) in [5.74, 6) is 0.895. The lowest BCUT2D eigenvalue weighted by Gasteiger charge is -2.30. The molecular formula is C15H32O3. The third-order valence-electron chi connectivity index (χ3n) is 2.71. The molecule has 0 aromatic heterocycles. The van der Waals surface area contributed by atoms with Gasteiger partial charge in [-0.3, -0.25) is 0 Å². The molecule has 0 aromatic rings. The van der Waals surface area contributed by atoms with Crippen LogP contribution >= 0.6 is 0 Å². The summed E-state index contributed by atoms with van der Waals surface area (Å²) in [6.45, 7) is 15.5. The second kappa shape index (κ2) is 9.40. The van der Waals surface area contributed by atoms with Gasteiger partial charge in [0.15, 0.2) is 6.10 Å². The van der Waals surface area contributed by atoms with Gasteiger partial charge in [0.1, 0.15) is 6.10 Å². The van der Waals surface area contributed by atoms with Gasteiger partial charge in [0.25, 0.3) is 0 Å². The van der Waals surface area contributed by atoms with E-state index >= 15 is 0 Å². The van der Waals surface area contributed by atoms with Gasteiger partial charge < -0.3 is 14.6 Å². The van der Waals surface area contributed by atoms with Crippen LogP contribution < -0.4 is 0 Å². The fraction of sp³-hybridized carbons (Fsp3) is 0.867. The summed E-state index contributed by atoms with van der Waals surface area (Å²) in [6.07, 6.45) is 0.499. The van der Waals surface area contributed by atoms with Crippen molar-refractivity contribution < 1.29 is 14.6 Å². The van der Waals surface area contributed by atoms with Gasteiger partial charge in [-0.15, -0.1) is 0 Å². The van der Waals surface area contributed by atoms with Gasteiger partial charge in [0.2, 0.25) is 0 Å². The zero-order valence-electron chi connectivity index (χ0n) is 13.6. The number of aliphatic hydroxyl groups is 1. The lowest BCUT2D eigenvalue weighted by Crippen LogP contribution is -2.44. The number of ether oxygens (including phenoxy) is 2. The molecule has 110 valence electrons. The SMILES string of the molecule is CC.CC.CCC1=C(C)OC(C(C)(C)O)C1OC. The highest BCUT2D eigenvalue weighted by Crippen LogP contribution is 2.34. The Morgan fingerprint density at radius 3 is 1.94 bits per heavy atom. The summed E-state index contributed by atoms with van der Waals surface area (Å²) in [7, 11) is 1.65. The largest absolute Gasteiger partial charge is 0.489 e. The molecule has 18 heavy (non-hydrogen) atoms. The Balaban J connectivity index is 0. The van der Waals surface area contributed by atoms with Gasteiger partial charge in [0.05, 0.1) is 11.4 Å². The molecular weight excluding hydrogens is 228 g/mol. The van der Waals surface area contributed by atoms with Crippen LogP contribution in [0.2, 0.25) is 0 Å². The van der Waals surface area contributed by atoms with Gasteiger partial charge in [-0.25, -0.2) is 0 Å². The Bertz CT molecular complexity index is 239. The summed E-state index contributed by atoms with van der Waals surface area (Å²) < 4.78 is 11.0. The van der Waals surface area contributed by atoms with Crippen LogP contribution in [0, 0.1) is 0 Å². The molecule has 0 saturated heterocycles. The average molecular weight is 260 g/mol. The fourth-order valence-corrected chi connectivity index (χ4v) is 1.94. The molecule has 1 rings (SSSR count). The standard InChI is InChI=1S/C11H20O3.2C2H6/c1-6-8-7(2)14-10(9(8)13-5)11(3,4)12;2*1-2/h9-10,12H,6H2,1-5H3;2*1-2H3. The highest BCUT2D eigenvalue weighted by molar-refractivity contribution is 5.21. The smallest absolute Gasteiger partial charge is 0.156 e. The van der Waals surface area contributed by atoms with E-state index < -0.39 is 5.60 Å². The molecule has 1 aliphatic rings. The third kappa shape index (κ3) is 4.99.